The number of carbonyl (C=O) groups excluding carboxylic acids is 1. The van der Waals surface area contributed by atoms with Crippen LogP contribution < -0.4 is 14.4 Å². The van der Waals surface area contributed by atoms with E-state index in [1.165, 1.54) is 12.8 Å². The van der Waals surface area contributed by atoms with Gasteiger partial charge in [0.05, 0.1) is 19.4 Å². The predicted octanol–water partition coefficient (Wildman–Crippen LogP) is 5.33. The van der Waals surface area contributed by atoms with Crippen molar-refractivity contribution >= 4 is 17.7 Å². The van der Waals surface area contributed by atoms with Gasteiger partial charge in [0.1, 0.15) is 11.5 Å². The van der Waals surface area contributed by atoms with Crippen LogP contribution in [0.1, 0.15) is 38.2 Å². The van der Waals surface area contributed by atoms with Crippen molar-refractivity contribution in [3.8, 4) is 11.5 Å². The van der Waals surface area contributed by atoms with Crippen molar-refractivity contribution in [2.24, 2.45) is 5.92 Å². The summed E-state index contributed by atoms with van der Waals surface area (Å²) in [5, 5.41) is 0. The van der Waals surface area contributed by atoms with Gasteiger partial charge in [0.15, 0.2) is 0 Å². The van der Waals surface area contributed by atoms with Crippen molar-refractivity contribution in [2.75, 3.05) is 25.2 Å². The van der Waals surface area contributed by atoms with Crippen LogP contribution in [0, 0.1) is 5.92 Å². The highest BCUT2D eigenvalue weighted by Gasteiger charge is 2.28. The summed E-state index contributed by atoms with van der Waals surface area (Å²) in [4.78, 5) is 14.9. The average molecular weight is 380 g/mol. The van der Waals surface area contributed by atoms with Crippen LogP contribution in [-0.2, 0) is 4.79 Å². The minimum absolute atomic E-state index is 0.0192. The topological polar surface area (TPSA) is 38.8 Å². The molecule has 0 unspecified atom stereocenters. The number of carbonyl (C=O) groups is 1. The highest BCUT2D eigenvalue weighted by Crippen LogP contribution is 2.35. The lowest BCUT2D eigenvalue weighted by molar-refractivity contribution is -0.114. The van der Waals surface area contributed by atoms with Crippen LogP contribution >= 0.6 is 0 Å². The van der Waals surface area contributed by atoms with Gasteiger partial charge in [0.25, 0.3) is 5.91 Å². The molecule has 4 nitrogen and oxygen atoms in total. The van der Waals surface area contributed by atoms with Crippen molar-refractivity contribution < 1.29 is 14.3 Å². The molecule has 2 aromatic rings. The van der Waals surface area contributed by atoms with E-state index in [4.69, 9.17) is 9.47 Å². The first-order valence-corrected chi connectivity index (χ1v) is 10.1. The van der Waals surface area contributed by atoms with Gasteiger partial charge in [0.2, 0.25) is 0 Å². The Morgan fingerprint density at radius 1 is 1.14 bits per heavy atom. The fourth-order valence-corrected chi connectivity index (χ4v) is 2.97. The van der Waals surface area contributed by atoms with Crippen LogP contribution in [0.4, 0.5) is 5.69 Å². The molecule has 0 heterocycles. The predicted molar refractivity (Wildman–Crippen MR) is 114 cm³/mol. The van der Waals surface area contributed by atoms with Crippen LogP contribution in [0.3, 0.4) is 0 Å². The van der Waals surface area contributed by atoms with Gasteiger partial charge in [-0.05, 0) is 61.1 Å². The van der Waals surface area contributed by atoms with Crippen molar-refractivity contribution in [3.63, 3.8) is 0 Å². The quantitative estimate of drug-likeness (QED) is 0.414. The Kier molecular flexibility index (Phi) is 7.12. The highest BCUT2D eigenvalue weighted by molar-refractivity contribution is 6.04. The zero-order valence-corrected chi connectivity index (χ0v) is 16.8. The van der Waals surface area contributed by atoms with E-state index >= 15 is 0 Å². The molecule has 4 heteroatoms. The van der Waals surface area contributed by atoms with E-state index < -0.39 is 0 Å². The third-order valence-electron chi connectivity index (χ3n) is 4.85. The first-order chi connectivity index (χ1) is 13.7. The van der Waals surface area contributed by atoms with Crippen LogP contribution in [0.15, 0.2) is 54.6 Å². The molecule has 1 aliphatic carbocycles. The second-order valence-electron chi connectivity index (χ2n) is 7.17. The molecule has 0 atom stereocenters. The number of unbranched alkanes of at least 4 members (excludes halogenated alkanes) is 1. The summed E-state index contributed by atoms with van der Waals surface area (Å²) in [7, 11) is 1.64. The Morgan fingerprint density at radius 2 is 1.89 bits per heavy atom. The van der Waals surface area contributed by atoms with E-state index in [2.05, 4.69) is 6.92 Å². The summed E-state index contributed by atoms with van der Waals surface area (Å²) in [6, 6.07) is 15.5. The number of rotatable bonds is 10. The molecule has 1 amide bonds. The number of benzene rings is 2. The second kappa shape index (κ2) is 9.98. The first kappa shape index (κ1) is 20.0. The summed E-state index contributed by atoms with van der Waals surface area (Å²) in [6.07, 6.45) is 7.95. The number of methoxy groups -OCH3 is 1. The summed E-state index contributed by atoms with van der Waals surface area (Å²) >= 11 is 0. The summed E-state index contributed by atoms with van der Waals surface area (Å²) in [5.74, 6) is 2.15. The summed E-state index contributed by atoms with van der Waals surface area (Å²) in [5.41, 5.74) is 1.82. The number of para-hydroxylation sites is 2. The average Bonchev–Trinajstić information content (AvgIpc) is 3.55. The van der Waals surface area contributed by atoms with Crippen molar-refractivity contribution in [3.05, 3.63) is 60.2 Å². The molecule has 0 bridgehead atoms. The van der Waals surface area contributed by atoms with Crippen molar-refractivity contribution in [2.45, 2.75) is 32.6 Å². The number of hydrogen-bond donors (Lipinski definition) is 0. The van der Waals surface area contributed by atoms with Gasteiger partial charge >= 0.3 is 0 Å². The van der Waals surface area contributed by atoms with Crippen molar-refractivity contribution in [1.29, 1.82) is 0 Å². The standard InChI is InChI=1S/C24H29NO3/c1-3-4-17-28-23-8-6-5-7-22(23)25(18-20-9-10-20)24(26)16-13-19-11-14-21(27-2)15-12-19/h5-8,11-16,20H,3-4,9-10,17-18H2,1-2H3/b16-13+. The smallest absolute Gasteiger partial charge is 0.251 e. The molecule has 0 saturated heterocycles. The van der Waals surface area contributed by atoms with Gasteiger partial charge in [-0.3, -0.25) is 4.79 Å². The molecule has 0 spiro atoms. The lowest BCUT2D eigenvalue weighted by Gasteiger charge is -2.24. The van der Waals surface area contributed by atoms with E-state index in [0.29, 0.717) is 12.5 Å². The lowest BCUT2D eigenvalue weighted by atomic mass is 10.2. The second-order valence-corrected chi connectivity index (χ2v) is 7.17. The molecule has 1 fully saturated rings. The molecule has 0 aromatic heterocycles. The van der Waals surface area contributed by atoms with Gasteiger partial charge in [0, 0.05) is 12.6 Å². The van der Waals surface area contributed by atoms with E-state index in [1.54, 1.807) is 13.2 Å². The minimum atomic E-state index is -0.0192. The fraction of sp³-hybridized carbons (Fsp3) is 0.375. The largest absolute Gasteiger partial charge is 0.497 e. The Bertz CT molecular complexity index is 794. The Morgan fingerprint density at radius 3 is 2.57 bits per heavy atom. The third kappa shape index (κ3) is 5.62. The molecule has 28 heavy (non-hydrogen) atoms. The summed E-state index contributed by atoms with van der Waals surface area (Å²) < 4.78 is 11.1. The maximum atomic E-state index is 13.0. The molecule has 1 saturated carbocycles. The number of ether oxygens (including phenoxy) is 2. The molecule has 0 radical (unpaired) electrons. The van der Waals surface area contributed by atoms with Gasteiger partial charge in [-0.2, -0.15) is 0 Å². The Labute approximate surface area is 167 Å². The molecular weight excluding hydrogens is 350 g/mol. The molecule has 3 rings (SSSR count). The van der Waals surface area contributed by atoms with E-state index in [1.807, 2.05) is 59.5 Å². The fourth-order valence-electron chi connectivity index (χ4n) is 2.97. The first-order valence-electron chi connectivity index (χ1n) is 10.1. The van der Waals surface area contributed by atoms with E-state index in [0.717, 1.165) is 42.1 Å². The lowest BCUT2D eigenvalue weighted by Crippen LogP contribution is -2.31. The van der Waals surface area contributed by atoms with E-state index in [9.17, 15) is 4.79 Å². The number of amides is 1. The zero-order valence-electron chi connectivity index (χ0n) is 16.8. The van der Waals surface area contributed by atoms with Crippen molar-refractivity contribution in [1.82, 2.24) is 0 Å². The number of anilines is 1. The minimum Gasteiger partial charge on any atom is -0.497 e. The molecule has 0 N–H and O–H groups in total. The van der Waals surface area contributed by atoms with Crippen LogP contribution in [0.2, 0.25) is 0 Å². The van der Waals surface area contributed by atoms with Gasteiger partial charge < -0.3 is 14.4 Å². The third-order valence-corrected chi connectivity index (χ3v) is 4.85. The summed E-state index contributed by atoms with van der Waals surface area (Å²) in [6.45, 7) is 3.54. The zero-order chi connectivity index (χ0) is 19.8. The molecule has 0 aliphatic heterocycles. The SMILES string of the molecule is CCCCOc1ccccc1N(CC1CC1)C(=O)/C=C/c1ccc(OC)cc1. The van der Waals surface area contributed by atoms with Crippen LogP contribution in [0.5, 0.6) is 11.5 Å². The maximum absolute atomic E-state index is 13.0. The number of nitrogens with zero attached hydrogens (tertiary/aromatic N) is 1. The Hall–Kier alpha value is -2.75. The molecule has 1 aliphatic rings. The highest BCUT2D eigenvalue weighted by atomic mass is 16.5. The molecule has 148 valence electrons. The van der Waals surface area contributed by atoms with Gasteiger partial charge in [-0.25, -0.2) is 0 Å². The monoisotopic (exact) mass is 379 g/mol. The van der Waals surface area contributed by atoms with Gasteiger partial charge in [-0.15, -0.1) is 0 Å². The van der Waals surface area contributed by atoms with Crippen LogP contribution in [-0.4, -0.2) is 26.2 Å². The normalized spacial score (nSPS) is 13.5. The van der Waals surface area contributed by atoms with E-state index in [-0.39, 0.29) is 5.91 Å². The Balaban J connectivity index is 1.77. The van der Waals surface area contributed by atoms with Gasteiger partial charge in [-0.1, -0.05) is 37.6 Å². The molecular formula is C24H29NO3. The maximum Gasteiger partial charge on any atom is 0.251 e. The molecule has 2 aromatic carbocycles. The van der Waals surface area contributed by atoms with Crippen LogP contribution in [0.25, 0.3) is 6.08 Å². The number of hydrogen-bond acceptors (Lipinski definition) is 3.